The van der Waals surface area contributed by atoms with Crippen LogP contribution in [-0.4, -0.2) is 12.8 Å². The van der Waals surface area contributed by atoms with E-state index in [-0.39, 0.29) is 5.41 Å². The molecule has 1 aliphatic rings. The van der Waals surface area contributed by atoms with Gasteiger partial charge >= 0.3 is 0 Å². The van der Waals surface area contributed by atoms with E-state index in [1.165, 1.54) is 35.3 Å². The summed E-state index contributed by atoms with van der Waals surface area (Å²) < 4.78 is 0. The topological polar surface area (TPSA) is 12.4 Å². The Morgan fingerprint density at radius 3 is 2.75 bits per heavy atom. The minimum absolute atomic E-state index is 0.0204. The number of fused-ring (bicyclic) bond motifs is 1. The van der Waals surface area contributed by atoms with Gasteiger partial charge < -0.3 is 0 Å². The lowest BCUT2D eigenvalue weighted by Gasteiger charge is -2.32. The summed E-state index contributed by atoms with van der Waals surface area (Å²) in [4.78, 5) is 4.65. The van der Waals surface area contributed by atoms with E-state index in [1.807, 2.05) is 13.1 Å². The summed E-state index contributed by atoms with van der Waals surface area (Å²) in [6.45, 7) is 8.80. The van der Waals surface area contributed by atoms with Gasteiger partial charge in [0.1, 0.15) is 0 Å². The van der Waals surface area contributed by atoms with Crippen molar-refractivity contribution in [2.24, 2.45) is 10.4 Å². The maximum atomic E-state index is 6.16. The standard InChI is InChI=1S/C18H24ClN/c1-5-7-10-18(13(3)6-2)12-14-11-15(19)8-9-16(14)17(18)20-4/h8-9,11H,3,5-7,10,12H2,1-2,4H3/b20-17-. The molecule has 0 N–H and O–H groups in total. The number of halogens is 1. The van der Waals surface area contributed by atoms with E-state index in [1.54, 1.807) is 0 Å². The van der Waals surface area contributed by atoms with E-state index in [9.17, 15) is 0 Å². The van der Waals surface area contributed by atoms with Crippen LogP contribution in [0, 0.1) is 5.41 Å². The molecule has 0 fully saturated rings. The average Bonchev–Trinajstić information content (AvgIpc) is 2.77. The Hall–Kier alpha value is -1.08. The number of rotatable bonds is 5. The molecule has 1 nitrogen and oxygen atoms in total. The first-order valence-corrected chi connectivity index (χ1v) is 7.91. The SMILES string of the molecule is C=C(CC)C1(CCCC)Cc2cc(Cl)ccc2/C1=N/C. The third-order valence-electron chi connectivity index (χ3n) is 4.55. The summed E-state index contributed by atoms with van der Waals surface area (Å²) in [5, 5.41) is 0.813. The van der Waals surface area contributed by atoms with Crippen molar-refractivity contribution in [3.8, 4) is 0 Å². The van der Waals surface area contributed by atoms with Crippen LogP contribution in [0.25, 0.3) is 0 Å². The Morgan fingerprint density at radius 2 is 2.15 bits per heavy atom. The molecule has 0 aliphatic heterocycles. The molecule has 2 rings (SSSR count). The van der Waals surface area contributed by atoms with Gasteiger partial charge in [-0.3, -0.25) is 4.99 Å². The smallest absolute Gasteiger partial charge is 0.0525 e. The Balaban J connectivity index is 2.52. The second-order valence-electron chi connectivity index (χ2n) is 5.69. The van der Waals surface area contributed by atoms with Crippen molar-refractivity contribution in [1.29, 1.82) is 0 Å². The van der Waals surface area contributed by atoms with Crippen LogP contribution in [0.1, 0.15) is 50.7 Å². The lowest BCUT2D eigenvalue weighted by atomic mass is 9.72. The predicted molar refractivity (Wildman–Crippen MR) is 89.0 cm³/mol. The first-order chi connectivity index (χ1) is 9.58. The van der Waals surface area contributed by atoms with Crippen molar-refractivity contribution >= 4 is 17.3 Å². The molecule has 20 heavy (non-hydrogen) atoms. The van der Waals surface area contributed by atoms with Gasteiger partial charge in [-0.1, -0.05) is 56.5 Å². The van der Waals surface area contributed by atoms with Gasteiger partial charge in [-0.25, -0.2) is 0 Å². The first kappa shape index (κ1) is 15.3. The van der Waals surface area contributed by atoms with Crippen molar-refractivity contribution in [1.82, 2.24) is 0 Å². The number of allylic oxidation sites excluding steroid dienone is 1. The molecule has 0 saturated heterocycles. The molecule has 0 saturated carbocycles. The highest BCUT2D eigenvalue weighted by atomic mass is 35.5. The Kier molecular flexibility index (Phi) is 4.70. The van der Waals surface area contributed by atoms with Crippen LogP contribution in [-0.2, 0) is 6.42 Å². The van der Waals surface area contributed by atoms with Crippen molar-refractivity contribution in [2.45, 2.75) is 46.0 Å². The zero-order valence-corrected chi connectivity index (χ0v) is 13.6. The predicted octanol–water partition coefficient (Wildman–Crippen LogP) is 5.46. The summed E-state index contributed by atoms with van der Waals surface area (Å²) in [7, 11) is 1.91. The lowest BCUT2D eigenvalue weighted by molar-refractivity contribution is 0.438. The molecule has 0 radical (unpaired) electrons. The monoisotopic (exact) mass is 289 g/mol. The largest absolute Gasteiger partial charge is 0.292 e. The minimum Gasteiger partial charge on any atom is -0.292 e. The minimum atomic E-state index is 0.0204. The second-order valence-corrected chi connectivity index (χ2v) is 6.13. The Labute approximate surface area is 127 Å². The van der Waals surface area contributed by atoms with Crippen LogP contribution in [0.15, 0.2) is 35.3 Å². The maximum absolute atomic E-state index is 6.16. The molecule has 0 heterocycles. The second kappa shape index (κ2) is 6.13. The van der Waals surface area contributed by atoms with Gasteiger partial charge in [-0.05, 0) is 42.5 Å². The molecule has 1 atom stereocenters. The van der Waals surface area contributed by atoms with Crippen LogP contribution in [0.3, 0.4) is 0 Å². The molecule has 1 unspecified atom stereocenters. The van der Waals surface area contributed by atoms with Crippen LogP contribution >= 0.6 is 11.6 Å². The fourth-order valence-corrected chi connectivity index (χ4v) is 3.63. The summed E-state index contributed by atoms with van der Waals surface area (Å²) in [6, 6.07) is 6.19. The van der Waals surface area contributed by atoms with Gasteiger partial charge in [0.2, 0.25) is 0 Å². The normalized spacial score (nSPS) is 23.1. The highest BCUT2D eigenvalue weighted by Gasteiger charge is 2.43. The molecule has 0 aromatic heterocycles. The molecular weight excluding hydrogens is 266 g/mol. The number of unbranched alkanes of at least 4 members (excludes halogenated alkanes) is 1. The summed E-state index contributed by atoms with van der Waals surface area (Å²) >= 11 is 6.16. The van der Waals surface area contributed by atoms with Crippen LogP contribution < -0.4 is 0 Å². The van der Waals surface area contributed by atoms with Gasteiger partial charge in [0.05, 0.1) is 5.71 Å². The van der Waals surface area contributed by atoms with E-state index in [2.05, 4.69) is 37.6 Å². The van der Waals surface area contributed by atoms with Gasteiger partial charge in [-0.15, -0.1) is 0 Å². The number of aliphatic imine (C=N–C) groups is 1. The van der Waals surface area contributed by atoms with E-state index in [0.29, 0.717) is 0 Å². The Morgan fingerprint density at radius 1 is 1.40 bits per heavy atom. The lowest BCUT2D eigenvalue weighted by Crippen LogP contribution is -2.30. The zero-order valence-electron chi connectivity index (χ0n) is 12.8. The summed E-state index contributed by atoms with van der Waals surface area (Å²) in [6.07, 6.45) is 5.55. The molecular formula is C18H24ClN. The van der Waals surface area contributed by atoms with Crippen molar-refractivity contribution < 1.29 is 0 Å². The molecule has 0 amide bonds. The number of hydrogen-bond donors (Lipinski definition) is 0. The van der Waals surface area contributed by atoms with Crippen molar-refractivity contribution in [3.05, 3.63) is 46.5 Å². The van der Waals surface area contributed by atoms with E-state index in [0.717, 1.165) is 24.3 Å². The van der Waals surface area contributed by atoms with Crippen molar-refractivity contribution in [3.63, 3.8) is 0 Å². The highest BCUT2D eigenvalue weighted by molar-refractivity contribution is 6.31. The van der Waals surface area contributed by atoms with Crippen LogP contribution in [0.4, 0.5) is 0 Å². The fourth-order valence-electron chi connectivity index (χ4n) is 3.43. The van der Waals surface area contributed by atoms with Crippen molar-refractivity contribution in [2.75, 3.05) is 7.05 Å². The molecule has 1 aliphatic carbocycles. The number of benzene rings is 1. The number of nitrogens with zero attached hydrogens (tertiary/aromatic N) is 1. The van der Waals surface area contributed by atoms with Crippen LogP contribution in [0.2, 0.25) is 5.02 Å². The first-order valence-electron chi connectivity index (χ1n) is 7.53. The molecule has 108 valence electrons. The van der Waals surface area contributed by atoms with Gasteiger partial charge in [0, 0.05) is 17.5 Å². The molecule has 1 aromatic rings. The fraction of sp³-hybridized carbons (Fsp3) is 0.500. The molecule has 0 bridgehead atoms. The maximum Gasteiger partial charge on any atom is 0.0525 e. The van der Waals surface area contributed by atoms with Gasteiger partial charge in [-0.2, -0.15) is 0 Å². The number of hydrogen-bond acceptors (Lipinski definition) is 1. The zero-order chi connectivity index (χ0) is 14.8. The quantitative estimate of drug-likeness (QED) is 0.638. The van der Waals surface area contributed by atoms with Gasteiger partial charge in [0.15, 0.2) is 0 Å². The third-order valence-corrected chi connectivity index (χ3v) is 4.79. The summed E-state index contributed by atoms with van der Waals surface area (Å²) in [5.41, 5.74) is 5.13. The highest BCUT2D eigenvalue weighted by Crippen LogP contribution is 2.47. The summed E-state index contributed by atoms with van der Waals surface area (Å²) in [5.74, 6) is 0. The van der Waals surface area contributed by atoms with E-state index >= 15 is 0 Å². The molecule has 0 spiro atoms. The van der Waals surface area contributed by atoms with Crippen LogP contribution in [0.5, 0.6) is 0 Å². The average molecular weight is 290 g/mol. The van der Waals surface area contributed by atoms with E-state index in [4.69, 9.17) is 11.6 Å². The van der Waals surface area contributed by atoms with Gasteiger partial charge in [0.25, 0.3) is 0 Å². The Bertz CT molecular complexity index is 544. The third kappa shape index (κ3) is 2.44. The molecule has 2 heteroatoms. The van der Waals surface area contributed by atoms with E-state index < -0.39 is 0 Å². The molecule has 1 aromatic carbocycles.